The first-order chi connectivity index (χ1) is 13.8. The number of anilines is 2. The monoisotopic (exact) mass is 398 g/mol. The highest BCUT2D eigenvalue weighted by Gasteiger charge is 2.31. The number of amides is 1. The quantitative estimate of drug-likeness (QED) is 0.779. The topological polar surface area (TPSA) is 93.7 Å². The molecule has 0 aliphatic carbocycles. The van der Waals surface area contributed by atoms with Crippen molar-refractivity contribution in [1.29, 1.82) is 0 Å². The number of hydrogen-bond donors (Lipinski definition) is 1. The number of fused-ring (bicyclic) bond motifs is 1. The second-order valence-corrected chi connectivity index (χ2v) is 7.69. The van der Waals surface area contributed by atoms with Crippen LogP contribution in [0.15, 0.2) is 36.7 Å². The minimum Gasteiger partial charge on any atom is -0.462 e. The van der Waals surface area contributed by atoms with Crippen LogP contribution in [0.4, 0.5) is 16.4 Å². The molecule has 1 unspecified atom stereocenters. The molecule has 1 aliphatic heterocycles. The van der Waals surface area contributed by atoms with Gasteiger partial charge in [0, 0.05) is 18.9 Å². The van der Waals surface area contributed by atoms with Crippen molar-refractivity contribution in [2.45, 2.75) is 45.8 Å². The van der Waals surface area contributed by atoms with Crippen LogP contribution in [-0.2, 0) is 9.47 Å². The van der Waals surface area contributed by atoms with Crippen LogP contribution in [0.5, 0.6) is 0 Å². The van der Waals surface area contributed by atoms with E-state index in [1.165, 1.54) is 12.4 Å². The minimum absolute atomic E-state index is 0.0710. The van der Waals surface area contributed by atoms with Gasteiger partial charge in [-0.2, -0.15) is 0 Å². The highest BCUT2D eigenvalue weighted by Crippen LogP contribution is 2.36. The van der Waals surface area contributed by atoms with Crippen molar-refractivity contribution in [2.75, 3.05) is 23.4 Å². The normalized spacial score (nSPS) is 16.0. The average Bonchev–Trinajstić information content (AvgIpc) is 2.67. The van der Waals surface area contributed by atoms with Crippen LogP contribution < -0.4 is 10.2 Å². The predicted octanol–water partition coefficient (Wildman–Crippen LogP) is 3.95. The Kier molecular flexibility index (Phi) is 6.00. The van der Waals surface area contributed by atoms with Gasteiger partial charge in [-0.15, -0.1) is 0 Å². The Morgan fingerprint density at radius 3 is 2.55 bits per heavy atom. The zero-order chi connectivity index (χ0) is 21.0. The number of benzene rings is 1. The molecule has 2 aromatic rings. The summed E-state index contributed by atoms with van der Waals surface area (Å²) < 4.78 is 10.5. The highest BCUT2D eigenvalue weighted by atomic mass is 16.6. The van der Waals surface area contributed by atoms with Gasteiger partial charge in [0.1, 0.15) is 5.60 Å². The Morgan fingerprint density at radius 1 is 1.21 bits per heavy atom. The summed E-state index contributed by atoms with van der Waals surface area (Å²) in [5, 5.41) is 3.29. The number of carbonyl (C=O) groups excluding carboxylic acids is 2. The number of nitrogens with one attached hydrogen (secondary N) is 1. The Morgan fingerprint density at radius 2 is 1.90 bits per heavy atom. The third-order valence-corrected chi connectivity index (χ3v) is 4.32. The first-order valence-electron chi connectivity index (χ1n) is 9.63. The summed E-state index contributed by atoms with van der Waals surface area (Å²) in [6.07, 6.45) is 3.18. The number of hydrogen-bond acceptors (Lipinski definition) is 7. The molecule has 29 heavy (non-hydrogen) atoms. The number of para-hydroxylation sites is 1. The Bertz CT molecular complexity index is 877. The zero-order valence-corrected chi connectivity index (χ0v) is 17.1. The first-order valence-corrected chi connectivity index (χ1v) is 9.63. The lowest BCUT2D eigenvalue weighted by atomic mass is 9.96. The maximum atomic E-state index is 12.6. The molecular formula is C21H26N4O4. The Labute approximate surface area is 170 Å². The highest BCUT2D eigenvalue weighted by molar-refractivity contribution is 5.90. The lowest BCUT2D eigenvalue weighted by Gasteiger charge is -2.35. The van der Waals surface area contributed by atoms with Crippen LogP contribution in [0.2, 0.25) is 0 Å². The molecule has 1 N–H and O–H groups in total. The van der Waals surface area contributed by atoms with Crippen molar-refractivity contribution in [3.63, 3.8) is 0 Å². The fourth-order valence-corrected chi connectivity index (χ4v) is 3.10. The van der Waals surface area contributed by atoms with Crippen LogP contribution in [0.25, 0.3) is 0 Å². The lowest BCUT2D eigenvalue weighted by Crippen LogP contribution is -2.41. The van der Waals surface area contributed by atoms with Crippen LogP contribution in [-0.4, -0.2) is 40.8 Å². The predicted molar refractivity (Wildman–Crippen MR) is 109 cm³/mol. The molecule has 0 saturated carbocycles. The molecule has 0 fully saturated rings. The summed E-state index contributed by atoms with van der Waals surface area (Å²) in [5.41, 5.74) is 1.50. The van der Waals surface area contributed by atoms with E-state index in [2.05, 4.69) is 15.3 Å². The summed E-state index contributed by atoms with van der Waals surface area (Å²) in [5.74, 6) is -0.0429. The van der Waals surface area contributed by atoms with Gasteiger partial charge < -0.3 is 14.8 Å². The van der Waals surface area contributed by atoms with Gasteiger partial charge in [0.15, 0.2) is 0 Å². The summed E-state index contributed by atoms with van der Waals surface area (Å²) in [6.45, 7) is 8.10. The maximum absolute atomic E-state index is 12.6. The second kappa shape index (κ2) is 8.46. The van der Waals surface area contributed by atoms with Crippen LogP contribution in [0.1, 0.15) is 56.1 Å². The number of carbonyl (C=O) groups is 2. The van der Waals surface area contributed by atoms with Gasteiger partial charge in [0.2, 0.25) is 5.95 Å². The van der Waals surface area contributed by atoms with Gasteiger partial charge in [0.05, 0.1) is 23.9 Å². The molecule has 1 aliphatic rings. The molecule has 1 atom stereocenters. The van der Waals surface area contributed by atoms with Gasteiger partial charge in [-0.05, 0) is 45.7 Å². The maximum Gasteiger partial charge on any atom is 0.414 e. The first kappa shape index (κ1) is 20.6. The summed E-state index contributed by atoms with van der Waals surface area (Å²) in [6, 6.07) is 7.62. The van der Waals surface area contributed by atoms with Crippen molar-refractivity contribution in [2.24, 2.45) is 0 Å². The van der Waals surface area contributed by atoms with E-state index in [4.69, 9.17) is 9.47 Å². The molecule has 0 spiro atoms. The number of nitrogens with zero attached hydrogens (tertiary/aromatic N) is 3. The van der Waals surface area contributed by atoms with Crippen molar-refractivity contribution in [3.8, 4) is 0 Å². The molecule has 1 amide bonds. The van der Waals surface area contributed by atoms with Crippen molar-refractivity contribution in [3.05, 3.63) is 47.8 Å². The summed E-state index contributed by atoms with van der Waals surface area (Å²) in [7, 11) is 0. The largest absolute Gasteiger partial charge is 0.462 e. The standard InChI is InChI=1S/C21H26N4O4/c1-5-28-18(26)14-12-22-19(23-13-14)24-16-10-11-25(20(27)29-21(2,3)4)17-9-7-6-8-15(16)17/h6-9,12-13,16H,5,10-11H2,1-4H3,(H,22,23,24). The van der Waals surface area contributed by atoms with E-state index in [9.17, 15) is 9.59 Å². The Hall–Kier alpha value is -3.16. The zero-order valence-electron chi connectivity index (χ0n) is 17.1. The molecule has 1 aromatic carbocycles. The molecule has 0 bridgehead atoms. The minimum atomic E-state index is -0.560. The fraction of sp³-hybridized carbons (Fsp3) is 0.429. The van der Waals surface area contributed by atoms with E-state index in [-0.39, 0.29) is 12.1 Å². The van der Waals surface area contributed by atoms with Gasteiger partial charge in [0.25, 0.3) is 0 Å². The molecule has 8 heteroatoms. The van der Waals surface area contributed by atoms with E-state index >= 15 is 0 Å². The van der Waals surface area contributed by atoms with Crippen molar-refractivity contribution < 1.29 is 19.1 Å². The van der Waals surface area contributed by atoms with Gasteiger partial charge in [-0.25, -0.2) is 19.6 Å². The van der Waals surface area contributed by atoms with E-state index < -0.39 is 11.6 Å². The number of ether oxygens (including phenoxy) is 2. The lowest BCUT2D eigenvalue weighted by molar-refractivity contribution is 0.0523. The van der Waals surface area contributed by atoms with E-state index in [1.807, 2.05) is 45.0 Å². The Balaban J connectivity index is 1.77. The second-order valence-electron chi connectivity index (χ2n) is 7.69. The van der Waals surface area contributed by atoms with Crippen molar-refractivity contribution in [1.82, 2.24) is 9.97 Å². The van der Waals surface area contributed by atoms with Crippen LogP contribution >= 0.6 is 0 Å². The van der Waals surface area contributed by atoms with Crippen LogP contribution in [0.3, 0.4) is 0 Å². The van der Waals surface area contributed by atoms with Crippen molar-refractivity contribution >= 4 is 23.7 Å². The molecule has 8 nitrogen and oxygen atoms in total. The summed E-state index contributed by atoms with van der Waals surface area (Å²) in [4.78, 5) is 34.5. The van der Waals surface area contributed by atoms with Gasteiger partial charge >= 0.3 is 12.1 Å². The third kappa shape index (κ3) is 5.01. The van der Waals surface area contributed by atoms with Gasteiger partial charge in [-0.3, -0.25) is 4.90 Å². The van der Waals surface area contributed by atoms with E-state index in [0.717, 1.165) is 11.3 Å². The SMILES string of the molecule is CCOC(=O)c1cnc(NC2CCN(C(=O)OC(C)(C)C)c3ccccc32)nc1. The molecular weight excluding hydrogens is 372 g/mol. The van der Waals surface area contributed by atoms with E-state index in [1.54, 1.807) is 11.8 Å². The molecule has 154 valence electrons. The molecule has 1 aromatic heterocycles. The van der Waals surface area contributed by atoms with E-state index in [0.29, 0.717) is 31.1 Å². The molecule has 0 saturated heterocycles. The fourth-order valence-electron chi connectivity index (χ4n) is 3.10. The van der Waals surface area contributed by atoms with Crippen LogP contribution in [0, 0.1) is 0 Å². The molecule has 2 heterocycles. The smallest absolute Gasteiger partial charge is 0.414 e. The number of esters is 1. The molecule has 0 radical (unpaired) electrons. The van der Waals surface area contributed by atoms with Gasteiger partial charge in [-0.1, -0.05) is 18.2 Å². The third-order valence-electron chi connectivity index (χ3n) is 4.32. The average molecular weight is 398 g/mol. The number of aromatic nitrogens is 2. The number of rotatable bonds is 4. The molecule has 3 rings (SSSR count). The summed E-state index contributed by atoms with van der Waals surface area (Å²) >= 11 is 0.